The minimum Gasteiger partial charge on any atom is -0.394 e. The number of aliphatic hydroxyl groups excluding tert-OH is 1. The zero-order valence-electron chi connectivity index (χ0n) is 11.2. The van der Waals surface area contributed by atoms with Gasteiger partial charge in [-0.1, -0.05) is 12.1 Å². The van der Waals surface area contributed by atoms with Crippen molar-refractivity contribution >= 4 is 0 Å². The Bertz CT molecular complexity index is 386. The van der Waals surface area contributed by atoms with E-state index in [0.29, 0.717) is 19.3 Å². The summed E-state index contributed by atoms with van der Waals surface area (Å²) >= 11 is 0. The van der Waals surface area contributed by atoms with E-state index in [1.165, 1.54) is 12.5 Å². The van der Waals surface area contributed by atoms with Crippen molar-refractivity contribution in [3.8, 4) is 0 Å². The molecule has 1 heterocycles. The van der Waals surface area contributed by atoms with Gasteiger partial charge in [0.1, 0.15) is 5.82 Å². The van der Waals surface area contributed by atoms with E-state index < -0.39 is 0 Å². The molecule has 1 N–H and O–H groups in total. The van der Waals surface area contributed by atoms with Crippen molar-refractivity contribution in [1.82, 2.24) is 4.90 Å². The Morgan fingerprint density at radius 1 is 1.37 bits per heavy atom. The quantitative estimate of drug-likeness (QED) is 0.765. The highest BCUT2D eigenvalue weighted by molar-refractivity contribution is 5.17. The predicted molar refractivity (Wildman–Crippen MR) is 72.6 cm³/mol. The molecule has 106 valence electrons. The molecule has 0 bridgehead atoms. The van der Waals surface area contributed by atoms with Crippen LogP contribution in [0.3, 0.4) is 0 Å². The molecule has 4 heteroatoms. The Labute approximate surface area is 114 Å². The molecule has 0 spiro atoms. The summed E-state index contributed by atoms with van der Waals surface area (Å²) in [7, 11) is 0. The molecule has 1 aromatic carbocycles. The van der Waals surface area contributed by atoms with Crippen LogP contribution in [-0.2, 0) is 11.2 Å². The van der Waals surface area contributed by atoms with Crippen LogP contribution in [0.15, 0.2) is 24.3 Å². The van der Waals surface area contributed by atoms with Gasteiger partial charge in [-0.3, -0.25) is 4.90 Å². The van der Waals surface area contributed by atoms with Crippen molar-refractivity contribution in [3.05, 3.63) is 35.6 Å². The molecule has 3 nitrogen and oxygen atoms in total. The van der Waals surface area contributed by atoms with Gasteiger partial charge in [0, 0.05) is 12.6 Å². The lowest BCUT2D eigenvalue weighted by atomic mass is 10.0. The third-order valence-corrected chi connectivity index (χ3v) is 3.62. The maximum atomic E-state index is 13.2. The van der Waals surface area contributed by atoms with Crippen molar-refractivity contribution in [2.75, 3.05) is 32.9 Å². The fraction of sp³-hybridized carbons (Fsp3) is 0.600. The lowest BCUT2D eigenvalue weighted by Gasteiger charge is -2.24. The average Bonchev–Trinajstić information content (AvgIpc) is 2.82. The van der Waals surface area contributed by atoms with Gasteiger partial charge in [0.2, 0.25) is 0 Å². The Balaban J connectivity index is 1.81. The first kappa shape index (κ1) is 14.4. The minimum absolute atomic E-state index is 0.0761. The topological polar surface area (TPSA) is 32.7 Å². The normalized spacial score (nSPS) is 20.0. The van der Waals surface area contributed by atoms with E-state index in [9.17, 15) is 4.39 Å². The van der Waals surface area contributed by atoms with E-state index in [-0.39, 0.29) is 12.4 Å². The average molecular weight is 267 g/mol. The van der Waals surface area contributed by atoms with Gasteiger partial charge < -0.3 is 9.84 Å². The first-order chi connectivity index (χ1) is 9.29. The van der Waals surface area contributed by atoms with E-state index in [0.717, 1.165) is 31.5 Å². The van der Waals surface area contributed by atoms with E-state index >= 15 is 0 Å². The Hall–Kier alpha value is -0.970. The molecule has 1 aliphatic rings. The zero-order chi connectivity index (χ0) is 13.5. The van der Waals surface area contributed by atoms with Crippen LogP contribution in [-0.4, -0.2) is 49.0 Å². The number of benzene rings is 1. The molecule has 2 rings (SSSR count). The monoisotopic (exact) mass is 267 g/mol. The van der Waals surface area contributed by atoms with Crippen LogP contribution in [0.2, 0.25) is 0 Å². The van der Waals surface area contributed by atoms with Crippen LogP contribution in [0.25, 0.3) is 0 Å². The molecule has 1 unspecified atom stereocenters. The van der Waals surface area contributed by atoms with Crippen LogP contribution in [0.5, 0.6) is 0 Å². The predicted octanol–water partition coefficient (Wildman–Crippen LogP) is 1.84. The summed E-state index contributed by atoms with van der Waals surface area (Å²) in [4.78, 5) is 2.41. The molecule has 0 amide bonds. The largest absolute Gasteiger partial charge is 0.394 e. The van der Waals surface area contributed by atoms with Gasteiger partial charge in [0.25, 0.3) is 0 Å². The highest BCUT2D eigenvalue weighted by Crippen LogP contribution is 2.21. The van der Waals surface area contributed by atoms with Gasteiger partial charge >= 0.3 is 0 Å². The van der Waals surface area contributed by atoms with Gasteiger partial charge in [-0.05, 0) is 43.5 Å². The van der Waals surface area contributed by atoms with Gasteiger partial charge in [-0.15, -0.1) is 0 Å². The summed E-state index contributed by atoms with van der Waals surface area (Å²) in [5, 5.41) is 8.66. The number of hydrogen-bond donors (Lipinski definition) is 1. The molecule has 1 aromatic rings. The summed E-state index contributed by atoms with van der Waals surface area (Å²) < 4.78 is 18.5. The lowest BCUT2D eigenvalue weighted by molar-refractivity contribution is 0.0710. The number of likely N-dealkylation sites (tertiary alicyclic amines) is 1. The van der Waals surface area contributed by atoms with Crippen LogP contribution in [0.4, 0.5) is 4.39 Å². The van der Waals surface area contributed by atoms with E-state index in [1.807, 2.05) is 6.07 Å². The molecular weight excluding hydrogens is 245 g/mol. The molecule has 0 saturated carbocycles. The number of halogens is 1. The Morgan fingerprint density at radius 3 is 3.05 bits per heavy atom. The molecule has 0 radical (unpaired) electrons. The standard InChI is InChI=1S/C15H22FNO2/c16-14-4-1-3-13(11-14)12-15-5-2-6-17(15)7-9-19-10-8-18/h1,3-4,11,15,18H,2,5-10,12H2. The third kappa shape index (κ3) is 4.56. The van der Waals surface area contributed by atoms with E-state index in [1.54, 1.807) is 12.1 Å². The molecule has 0 aliphatic carbocycles. The third-order valence-electron chi connectivity index (χ3n) is 3.62. The van der Waals surface area contributed by atoms with Gasteiger partial charge in [-0.2, -0.15) is 0 Å². The van der Waals surface area contributed by atoms with Crippen molar-refractivity contribution in [3.63, 3.8) is 0 Å². The van der Waals surface area contributed by atoms with E-state index in [4.69, 9.17) is 9.84 Å². The molecule has 0 aromatic heterocycles. The molecule has 19 heavy (non-hydrogen) atoms. The zero-order valence-corrected chi connectivity index (χ0v) is 11.2. The number of ether oxygens (including phenoxy) is 1. The number of nitrogens with zero attached hydrogens (tertiary/aromatic N) is 1. The summed E-state index contributed by atoms with van der Waals surface area (Å²) in [6, 6.07) is 7.35. The Morgan fingerprint density at radius 2 is 2.26 bits per heavy atom. The highest BCUT2D eigenvalue weighted by Gasteiger charge is 2.24. The van der Waals surface area contributed by atoms with Gasteiger partial charge in [0.05, 0.1) is 19.8 Å². The summed E-state index contributed by atoms with van der Waals surface area (Å²) in [6.45, 7) is 3.11. The molecule has 1 aliphatic heterocycles. The number of hydrogen-bond acceptors (Lipinski definition) is 3. The summed E-state index contributed by atoms with van der Waals surface area (Å²) in [5.74, 6) is -0.159. The summed E-state index contributed by atoms with van der Waals surface area (Å²) in [5.41, 5.74) is 1.06. The first-order valence-corrected chi connectivity index (χ1v) is 6.96. The van der Waals surface area contributed by atoms with Gasteiger partial charge in [0.15, 0.2) is 0 Å². The molecule has 1 saturated heterocycles. The summed E-state index contributed by atoms with van der Waals surface area (Å²) in [6.07, 6.45) is 3.26. The second kappa shape index (κ2) is 7.58. The van der Waals surface area contributed by atoms with Crippen LogP contribution >= 0.6 is 0 Å². The van der Waals surface area contributed by atoms with Gasteiger partial charge in [-0.25, -0.2) is 4.39 Å². The maximum Gasteiger partial charge on any atom is 0.123 e. The first-order valence-electron chi connectivity index (χ1n) is 6.96. The van der Waals surface area contributed by atoms with Crippen molar-refractivity contribution in [1.29, 1.82) is 0 Å². The number of aliphatic hydroxyl groups is 1. The van der Waals surface area contributed by atoms with Crippen LogP contribution in [0.1, 0.15) is 18.4 Å². The smallest absolute Gasteiger partial charge is 0.123 e. The second-order valence-electron chi connectivity index (χ2n) is 5.00. The van der Waals surface area contributed by atoms with Crippen molar-refractivity contribution in [2.45, 2.75) is 25.3 Å². The minimum atomic E-state index is -0.159. The van der Waals surface area contributed by atoms with E-state index in [2.05, 4.69) is 4.90 Å². The molecule has 1 fully saturated rings. The SMILES string of the molecule is OCCOCCN1CCCC1Cc1cccc(F)c1. The van der Waals surface area contributed by atoms with Crippen LogP contribution < -0.4 is 0 Å². The van der Waals surface area contributed by atoms with Crippen molar-refractivity contribution < 1.29 is 14.2 Å². The molecule has 1 atom stereocenters. The van der Waals surface area contributed by atoms with Crippen LogP contribution in [0, 0.1) is 5.82 Å². The lowest BCUT2D eigenvalue weighted by Crippen LogP contribution is -2.34. The van der Waals surface area contributed by atoms with Crippen molar-refractivity contribution in [2.24, 2.45) is 0 Å². The fourth-order valence-corrected chi connectivity index (χ4v) is 2.71. The Kier molecular flexibility index (Phi) is 5.76. The fourth-order valence-electron chi connectivity index (χ4n) is 2.71. The maximum absolute atomic E-state index is 13.2. The highest BCUT2D eigenvalue weighted by atomic mass is 19.1. The second-order valence-corrected chi connectivity index (χ2v) is 5.00. The number of rotatable bonds is 7. The molecular formula is C15H22FNO2.